The quantitative estimate of drug-likeness (QED) is 0.559. The molecular weight excluding hydrogens is 320 g/mol. The molecule has 0 spiro atoms. The van der Waals surface area contributed by atoms with E-state index in [0.29, 0.717) is 36.1 Å². The van der Waals surface area contributed by atoms with Gasteiger partial charge in [0, 0.05) is 0 Å². The molecular formula is C19H24N2O4. The predicted octanol–water partition coefficient (Wildman–Crippen LogP) is 3.23. The van der Waals surface area contributed by atoms with Crippen molar-refractivity contribution >= 4 is 6.21 Å². The van der Waals surface area contributed by atoms with Crippen LogP contribution < -0.4 is 24.4 Å². The van der Waals surface area contributed by atoms with Gasteiger partial charge in [-0.3, -0.25) is 0 Å². The molecule has 0 radical (unpaired) electrons. The van der Waals surface area contributed by atoms with Crippen LogP contribution in [0.4, 0.5) is 0 Å². The minimum Gasteiger partial charge on any atom is -0.493 e. The summed E-state index contributed by atoms with van der Waals surface area (Å²) >= 11 is 0. The fraction of sp³-hybridized carbons (Fsp3) is 0.316. The first-order valence-corrected chi connectivity index (χ1v) is 7.99. The molecule has 6 nitrogen and oxygen atoms in total. The molecule has 2 rings (SSSR count). The second kappa shape index (κ2) is 9.42. The van der Waals surface area contributed by atoms with E-state index >= 15 is 0 Å². The minimum atomic E-state index is 0.575. The summed E-state index contributed by atoms with van der Waals surface area (Å²) in [5, 5.41) is 4.25. The minimum absolute atomic E-state index is 0.575. The predicted molar refractivity (Wildman–Crippen MR) is 98.1 cm³/mol. The smallest absolute Gasteiger partial charge is 0.161 e. The van der Waals surface area contributed by atoms with Gasteiger partial charge in [-0.2, -0.15) is 5.10 Å². The Balaban J connectivity index is 1.98. The molecule has 0 unspecified atom stereocenters. The van der Waals surface area contributed by atoms with Crippen molar-refractivity contribution in [1.82, 2.24) is 5.43 Å². The third kappa shape index (κ3) is 5.04. The van der Waals surface area contributed by atoms with Gasteiger partial charge in [-0.1, -0.05) is 6.07 Å². The zero-order valence-electron chi connectivity index (χ0n) is 15.0. The van der Waals surface area contributed by atoms with Crippen molar-refractivity contribution in [1.29, 1.82) is 0 Å². The number of hydrazone groups is 1. The molecule has 0 atom stereocenters. The first-order valence-electron chi connectivity index (χ1n) is 7.99. The second-order valence-corrected chi connectivity index (χ2v) is 5.13. The molecule has 6 heteroatoms. The van der Waals surface area contributed by atoms with Gasteiger partial charge in [0.15, 0.2) is 23.0 Å². The third-order valence-corrected chi connectivity index (χ3v) is 3.52. The van der Waals surface area contributed by atoms with Crippen molar-refractivity contribution in [3.63, 3.8) is 0 Å². The van der Waals surface area contributed by atoms with E-state index in [1.54, 1.807) is 27.5 Å². The summed E-state index contributed by atoms with van der Waals surface area (Å²) in [6.07, 6.45) is 1.74. The number of hydrogen-bond donors (Lipinski definition) is 1. The maximum absolute atomic E-state index is 5.56. The summed E-state index contributed by atoms with van der Waals surface area (Å²) in [7, 11) is 4.86. The first kappa shape index (κ1) is 18.4. The van der Waals surface area contributed by atoms with Crippen LogP contribution in [0.1, 0.15) is 18.1 Å². The highest BCUT2D eigenvalue weighted by Crippen LogP contribution is 2.28. The van der Waals surface area contributed by atoms with Gasteiger partial charge in [0.25, 0.3) is 0 Å². The number of nitrogens with one attached hydrogen (secondary N) is 1. The molecule has 0 aliphatic heterocycles. The average Bonchev–Trinajstić information content (AvgIpc) is 2.65. The molecule has 2 aromatic carbocycles. The fourth-order valence-corrected chi connectivity index (χ4v) is 2.29. The van der Waals surface area contributed by atoms with E-state index in [-0.39, 0.29) is 0 Å². The lowest BCUT2D eigenvalue weighted by Gasteiger charge is -2.10. The molecule has 0 amide bonds. The Bertz CT molecular complexity index is 717. The summed E-state index contributed by atoms with van der Waals surface area (Å²) < 4.78 is 21.3. The van der Waals surface area contributed by atoms with E-state index < -0.39 is 0 Å². The van der Waals surface area contributed by atoms with Crippen molar-refractivity contribution in [2.75, 3.05) is 27.9 Å². The monoisotopic (exact) mass is 344 g/mol. The number of nitrogens with zero attached hydrogens (tertiary/aromatic N) is 1. The lowest BCUT2D eigenvalue weighted by atomic mass is 10.2. The summed E-state index contributed by atoms with van der Waals surface area (Å²) in [6, 6.07) is 11.4. The summed E-state index contributed by atoms with van der Waals surface area (Å²) in [5.41, 5.74) is 4.98. The molecule has 0 aliphatic rings. The summed E-state index contributed by atoms with van der Waals surface area (Å²) in [4.78, 5) is 0. The van der Waals surface area contributed by atoms with Gasteiger partial charge in [0.1, 0.15) is 0 Å². The van der Waals surface area contributed by atoms with Crippen LogP contribution in [0.2, 0.25) is 0 Å². The lowest BCUT2D eigenvalue weighted by Crippen LogP contribution is -2.06. The lowest BCUT2D eigenvalue weighted by molar-refractivity contribution is 0.311. The highest BCUT2D eigenvalue weighted by Gasteiger charge is 2.05. The molecule has 0 saturated heterocycles. The zero-order valence-corrected chi connectivity index (χ0v) is 15.0. The van der Waals surface area contributed by atoms with E-state index in [1.807, 2.05) is 43.3 Å². The van der Waals surface area contributed by atoms with Crippen molar-refractivity contribution in [3.8, 4) is 23.0 Å². The molecule has 0 aliphatic carbocycles. The highest BCUT2D eigenvalue weighted by molar-refractivity contribution is 5.80. The van der Waals surface area contributed by atoms with Crippen molar-refractivity contribution in [3.05, 3.63) is 47.5 Å². The maximum atomic E-state index is 5.56. The number of rotatable bonds is 9. The molecule has 0 fully saturated rings. The normalized spacial score (nSPS) is 10.6. The van der Waals surface area contributed by atoms with Gasteiger partial charge in [-0.05, 0) is 48.4 Å². The Morgan fingerprint density at radius 2 is 1.56 bits per heavy atom. The van der Waals surface area contributed by atoms with Crippen molar-refractivity contribution in [2.45, 2.75) is 13.5 Å². The van der Waals surface area contributed by atoms with Crippen molar-refractivity contribution < 1.29 is 18.9 Å². The Kier molecular flexibility index (Phi) is 6.95. The molecule has 0 bridgehead atoms. The first-order chi connectivity index (χ1) is 12.2. The Morgan fingerprint density at radius 1 is 0.880 bits per heavy atom. The number of methoxy groups -OCH3 is 3. The van der Waals surface area contributed by atoms with Crippen LogP contribution >= 0.6 is 0 Å². The van der Waals surface area contributed by atoms with E-state index in [4.69, 9.17) is 18.9 Å². The van der Waals surface area contributed by atoms with Crippen LogP contribution in [0.3, 0.4) is 0 Å². The number of ether oxygens (including phenoxy) is 4. The number of benzene rings is 2. The largest absolute Gasteiger partial charge is 0.493 e. The van der Waals surface area contributed by atoms with E-state index in [1.165, 1.54) is 0 Å². The third-order valence-electron chi connectivity index (χ3n) is 3.52. The van der Waals surface area contributed by atoms with Gasteiger partial charge >= 0.3 is 0 Å². The average molecular weight is 344 g/mol. The topological polar surface area (TPSA) is 61.3 Å². The standard InChI is InChI=1S/C19H24N2O4/c1-5-25-19-11-15(7-9-17(19)23-3)13-21-20-12-14-6-8-16(22-2)18(10-14)24-4/h6-11,13,20H,5,12H2,1-4H3/b21-13+. The van der Waals surface area contributed by atoms with Crippen LogP contribution in [-0.4, -0.2) is 34.2 Å². The molecule has 2 aromatic rings. The van der Waals surface area contributed by atoms with Crippen LogP contribution in [0, 0.1) is 0 Å². The van der Waals surface area contributed by atoms with Gasteiger partial charge < -0.3 is 24.4 Å². The summed E-state index contributed by atoms with van der Waals surface area (Å²) in [6.45, 7) is 3.09. The second-order valence-electron chi connectivity index (χ2n) is 5.13. The van der Waals surface area contributed by atoms with Crippen LogP contribution in [0.15, 0.2) is 41.5 Å². The Morgan fingerprint density at radius 3 is 2.24 bits per heavy atom. The van der Waals surface area contributed by atoms with Crippen molar-refractivity contribution in [2.24, 2.45) is 5.10 Å². The molecule has 25 heavy (non-hydrogen) atoms. The molecule has 1 N–H and O–H groups in total. The van der Waals surface area contributed by atoms with E-state index in [2.05, 4.69) is 10.5 Å². The van der Waals surface area contributed by atoms with E-state index in [0.717, 1.165) is 11.1 Å². The fourth-order valence-electron chi connectivity index (χ4n) is 2.29. The maximum Gasteiger partial charge on any atom is 0.161 e. The Hall–Kier alpha value is -2.89. The van der Waals surface area contributed by atoms with Gasteiger partial charge in [-0.15, -0.1) is 0 Å². The van der Waals surface area contributed by atoms with Gasteiger partial charge in [0.05, 0.1) is 40.7 Å². The zero-order chi connectivity index (χ0) is 18.1. The number of hydrogen-bond acceptors (Lipinski definition) is 6. The molecule has 0 aromatic heterocycles. The Labute approximate surface area is 148 Å². The van der Waals surface area contributed by atoms with Gasteiger partial charge in [-0.25, -0.2) is 0 Å². The SMILES string of the molecule is CCOc1cc(/C=N/NCc2ccc(OC)c(OC)c2)ccc1OC. The van der Waals surface area contributed by atoms with Crippen LogP contribution in [0.25, 0.3) is 0 Å². The summed E-state index contributed by atoms with van der Waals surface area (Å²) in [5.74, 6) is 2.81. The van der Waals surface area contributed by atoms with Crippen LogP contribution in [0.5, 0.6) is 23.0 Å². The molecule has 0 saturated carbocycles. The highest BCUT2D eigenvalue weighted by atomic mass is 16.5. The van der Waals surface area contributed by atoms with E-state index in [9.17, 15) is 0 Å². The van der Waals surface area contributed by atoms with Crippen LogP contribution in [-0.2, 0) is 6.54 Å². The molecule has 0 heterocycles. The van der Waals surface area contributed by atoms with Gasteiger partial charge in [0.2, 0.25) is 0 Å². The molecule has 134 valence electrons.